The van der Waals surface area contributed by atoms with Gasteiger partial charge in [0.15, 0.2) is 0 Å². The Bertz CT molecular complexity index is 528. The van der Waals surface area contributed by atoms with Gasteiger partial charge in [-0.2, -0.15) is 0 Å². The summed E-state index contributed by atoms with van der Waals surface area (Å²) in [6.07, 6.45) is 7.08. The lowest BCUT2D eigenvalue weighted by Gasteiger charge is -2.31. The molecule has 1 saturated heterocycles. The largest absolute Gasteiger partial charge is 0.497 e. The lowest BCUT2D eigenvalue weighted by molar-refractivity contribution is 0.0911. The van der Waals surface area contributed by atoms with Crippen molar-refractivity contribution in [3.8, 4) is 18.1 Å². The minimum Gasteiger partial charge on any atom is -0.497 e. The average molecular weight is 316 g/mol. The minimum absolute atomic E-state index is 0.0104. The van der Waals surface area contributed by atoms with Crippen molar-refractivity contribution in [1.82, 2.24) is 10.2 Å². The Balaban J connectivity index is 1.69. The zero-order valence-corrected chi connectivity index (χ0v) is 13.6. The molecule has 0 unspecified atom stereocenters. The van der Waals surface area contributed by atoms with Gasteiger partial charge < -0.3 is 19.7 Å². The molecule has 0 bridgehead atoms. The van der Waals surface area contributed by atoms with Crippen molar-refractivity contribution in [2.75, 3.05) is 33.4 Å². The molecule has 1 heterocycles. The van der Waals surface area contributed by atoms with E-state index in [0.717, 1.165) is 37.2 Å². The molecule has 1 aromatic rings. The van der Waals surface area contributed by atoms with Gasteiger partial charge in [0.05, 0.1) is 13.7 Å². The van der Waals surface area contributed by atoms with Gasteiger partial charge in [-0.3, -0.25) is 0 Å². The molecule has 1 fully saturated rings. The normalized spacial score (nSPS) is 15.0. The fourth-order valence-corrected chi connectivity index (χ4v) is 2.62. The van der Waals surface area contributed by atoms with E-state index < -0.39 is 0 Å². The number of urea groups is 1. The highest BCUT2D eigenvalue weighted by Crippen LogP contribution is 2.17. The van der Waals surface area contributed by atoms with E-state index in [-0.39, 0.29) is 6.03 Å². The van der Waals surface area contributed by atoms with Crippen LogP contribution in [-0.4, -0.2) is 44.3 Å². The maximum Gasteiger partial charge on any atom is 0.317 e. The second-order valence-electron chi connectivity index (χ2n) is 5.66. The van der Waals surface area contributed by atoms with Gasteiger partial charge in [-0.15, -0.1) is 6.42 Å². The van der Waals surface area contributed by atoms with E-state index in [0.29, 0.717) is 25.7 Å². The van der Waals surface area contributed by atoms with E-state index in [1.165, 1.54) is 0 Å². The molecule has 2 rings (SSSR count). The van der Waals surface area contributed by atoms with Crippen LogP contribution in [0.25, 0.3) is 0 Å². The van der Waals surface area contributed by atoms with Crippen LogP contribution in [0.5, 0.6) is 5.75 Å². The molecule has 23 heavy (non-hydrogen) atoms. The van der Waals surface area contributed by atoms with E-state index in [9.17, 15) is 4.79 Å². The number of methoxy groups -OCH3 is 1. The Morgan fingerprint density at radius 3 is 2.65 bits per heavy atom. The number of hydrogen-bond acceptors (Lipinski definition) is 3. The van der Waals surface area contributed by atoms with Crippen LogP contribution in [0.15, 0.2) is 24.3 Å². The van der Waals surface area contributed by atoms with Crippen molar-refractivity contribution in [2.45, 2.75) is 19.4 Å². The summed E-state index contributed by atoms with van der Waals surface area (Å²) in [6.45, 7) is 3.10. The van der Waals surface area contributed by atoms with Crippen LogP contribution in [0.1, 0.15) is 18.4 Å². The van der Waals surface area contributed by atoms with Gasteiger partial charge in [-0.25, -0.2) is 4.79 Å². The monoisotopic (exact) mass is 316 g/mol. The number of hydrogen-bond donors (Lipinski definition) is 1. The zero-order valence-electron chi connectivity index (χ0n) is 13.6. The Hall–Kier alpha value is -2.19. The fourth-order valence-electron chi connectivity index (χ4n) is 2.62. The van der Waals surface area contributed by atoms with Crippen LogP contribution in [0.2, 0.25) is 0 Å². The molecule has 124 valence electrons. The summed E-state index contributed by atoms with van der Waals surface area (Å²) in [4.78, 5) is 14.1. The van der Waals surface area contributed by atoms with E-state index in [4.69, 9.17) is 15.9 Å². The topological polar surface area (TPSA) is 50.8 Å². The molecule has 0 atom stereocenters. The first-order valence-corrected chi connectivity index (χ1v) is 7.90. The third-order valence-electron chi connectivity index (χ3n) is 4.04. The Kier molecular flexibility index (Phi) is 6.76. The lowest BCUT2D eigenvalue weighted by Crippen LogP contribution is -2.44. The highest BCUT2D eigenvalue weighted by Gasteiger charge is 2.22. The number of nitrogens with one attached hydrogen (secondary N) is 1. The smallest absolute Gasteiger partial charge is 0.317 e. The van der Waals surface area contributed by atoms with Crippen molar-refractivity contribution in [3.05, 3.63) is 29.8 Å². The number of terminal acetylenes is 1. The minimum atomic E-state index is -0.0104. The molecule has 0 aromatic heterocycles. The van der Waals surface area contributed by atoms with Gasteiger partial charge in [0.1, 0.15) is 12.4 Å². The number of carbonyl (C=O) groups is 1. The molecule has 1 aliphatic heterocycles. The number of benzene rings is 1. The zero-order chi connectivity index (χ0) is 16.5. The molecule has 1 N–H and O–H groups in total. The molecule has 0 radical (unpaired) electrons. The summed E-state index contributed by atoms with van der Waals surface area (Å²) in [6, 6.07) is 7.68. The van der Waals surface area contributed by atoms with Crippen molar-refractivity contribution in [1.29, 1.82) is 0 Å². The number of piperidine rings is 1. The maximum atomic E-state index is 12.2. The highest BCUT2D eigenvalue weighted by molar-refractivity contribution is 5.74. The Morgan fingerprint density at radius 1 is 1.35 bits per heavy atom. The van der Waals surface area contributed by atoms with Crippen molar-refractivity contribution < 1.29 is 14.3 Å². The van der Waals surface area contributed by atoms with Crippen molar-refractivity contribution in [2.24, 2.45) is 5.92 Å². The van der Waals surface area contributed by atoms with E-state index >= 15 is 0 Å². The summed E-state index contributed by atoms with van der Waals surface area (Å²) in [5, 5.41) is 2.96. The Morgan fingerprint density at radius 2 is 2.04 bits per heavy atom. The van der Waals surface area contributed by atoms with Crippen LogP contribution in [0.3, 0.4) is 0 Å². The van der Waals surface area contributed by atoms with Gasteiger partial charge in [0.2, 0.25) is 0 Å². The predicted octanol–water partition coefficient (Wildman–Crippen LogP) is 2.27. The van der Waals surface area contributed by atoms with Gasteiger partial charge in [0.25, 0.3) is 0 Å². The van der Waals surface area contributed by atoms with Crippen molar-refractivity contribution in [3.63, 3.8) is 0 Å². The second kappa shape index (κ2) is 9.06. The molecular formula is C18H24N2O3. The molecule has 5 nitrogen and oxygen atoms in total. The Labute approximate surface area is 138 Å². The third kappa shape index (κ3) is 5.50. The first kappa shape index (κ1) is 17.2. The number of likely N-dealkylation sites (tertiary alicyclic amines) is 1. The maximum absolute atomic E-state index is 12.2. The van der Waals surface area contributed by atoms with E-state index in [2.05, 4.69) is 11.2 Å². The number of ether oxygens (including phenoxy) is 2. The van der Waals surface area contributed by atoms with E-state index in [1.807, 2.05) is 29.2 Å². The molecule has 5 heteroatoms. The third-order valence-corrected chi connectivity index (χ3v) is 4.04. The van der Waals surface area contributed by atoms with Gasteiger partial charge in [-0.05, 0) is 36.5 Å². The highest BCUT2D eigenvalue weighted by atomic mass is 16.5. The summed E-state index contributed by atoms with van der Waals surface area (Å²) in [5.74, 6) is 3.78. The van der Waals surface area contributed by atoms with Crippen molar-refractivity contribution >= 4 is 6.03 Å². The summed E-state index contributed by atoms with van der Waals surface area (Å²) in [7, 11) is 1.64. The summed E-state index contributed by atoms with van der Waals surface area (Å²) in [5.41, 5.74) is 1.05. The first-order chi connectivity index (χ1) is 11.2. The number of rotatable bonds is 6. The SMILES string of the molecule is C#CCOCC1CCN(C(=O)NCc2ccc(OC)cc2)CC1. The molecule has 0 spiro atoms. The standard InChI is InChI=1S/C18H24N2O3/c1-3-12-23-14-16-8-10-20(11-9-16)18(21)19-13-15-4-6-17(22-2)7-5-15/h1,4-7,16H,8-14H2,2H3,(H,19,21). The molecule has 0 aliphatic carbocycles. The van der Waals surface area contributed by atoms with Gasteiger partial charge in [0, 0.05) is 19.6 Å². The summed E-state index contributed by atoms with van der Waals surface area (Å²) >= 11 is 0. The molecule has 1 aromatic carbocycles. The number of carbonyl (C=O) groups excluding carboxylic acids is 1. The van der Waals surface area contributed by atoms with Gasteiger partial charge in [-0.1, -0.05) is 18.1 Å². The molecule has 1 aliphatic rings. The number of amides is 2. The van der Waals surface area contributed by atoms with Crippen LogP contribution >= 0.6 is 0 Å². The summed E-state index contributed by atoms with van der Waals surface area (Å²) < 4.78 is 10.5. The molecule has 0 saturated carbocycles. The van der Waals surface area contributed by atoms with Crippen LogP contribution < -0.4 is 10.1 Å². The molecular weight excluding hydrogens is 292 g/mol. The average Bonchev–Trinajstić information content (AvgIpc) is 2.61. The molecule has 2 amide bonds. The second-order valence-corrected chi connectivity index (χ2v) is 5.66. The van der Waals surface area contributed by atoms with Crippen LogP contribution in [0.4, 0.5) is 4.79 Å². The number of nitrogens with zero attached hydrogens (tertiary/aromatic N) is 1. The quantitative estimate of drug-likeness (QED) is 0.647. The lowest BCUT2D eigenvalue weighted by atomic mass is 9.98. The van der Waals surface area contributed by atoms with E-state index in [1.54, 1.807) is 7.11 Å². The van der Waals surface area contributed by atoms with Crippen LogP contribution in [-0.2, 0) is 11.3 Å². The predicted molar refractivity (Wildman–Crippen MR) is 89.2 cm³/mol. The van der Waals surface area contributed by atoms with Crippen LogP contribution in [0, 0.1) is 18.3 Å². The first-order valence-electron chi connectivity index (χ1n) is 7.90. The fraction of sp³-hybridized carbons (Fsp3) is 0.500. The van der Waals surface area contributed by atoms with Gasteiger partial charge >= 0.3 is 6.03 Å².